The Morgan fingerprint density at radius 3 is 2.32 bits per heavy atom. The maximum absolute atomic E-state index is 13.1. The molecule has 1 atom stereocenters. The molecule has 3 aromatic rings. The summed E-state index contributed by atoms with van der Waals surface area (Å²) in [6.45, 7) is 1.61. The van der Waals surface area contributed by atoms with Crippen LogP contribution in [0.3, 0.4) is 0 Å². The first kappa shape index (κ1) is 25.0. The van der Waals surface area contributed by atoms with Crippen molar-refractivity contribution in [2.75, 3.05) is 5.32 Å². The standard InChI is InChI=1S/C25H21ClF3N3O2/c1-15(33)18-5-4-6-19(13-18)31-24(34)17-11-9-16(10-12-17)22(14-23(30)25(27,28)29)32-21-8-3-2-7-20(21)26/h2-15,33H,30H2,1H3,(H,31,34). The molecule has 3 aromatic carbocycles. The number of amides is 1. The van der Waals surface area contributed by atoms with Crippen molar-refractivity contribution in [3.63, 3.8) is 0 Å². The van der Waals surface area contributed by atoms with Crippen LogP contribution >= 0.6 is 11.6 Å². The smallest absolute Gasteiger partial charge is 0.395 e. The fourth-order valence-electron chi connectivity index (χ4n) is 2.95. The first-order chi connectivity index (χ1) is 16.0. The molecule has 5 nitrogen and oxygen atoms in total. The van der Waals surface area contributed by atoms with E-state index in [1.165, 1.54) is 24.3 Å². The largest absolute Gasteiger partial charge is 0.430 e. The normalized spacial score (nSPS) is 13.5. The van der Waals surface area contributed by atoms with Crippen LogP contribution in [0.4, 0.5) is 24.5 Å². The number of allylic oxidation sites excluding steroid dienone is 2. The number of carbonyl (C=O) groups is 1. The van der Waals surface area contributed by atoms with Crippen molar-refractivity contribution in [3.05, 3.63) is 106 Å². The molecule has 0 aliphatic carbocycles. The summed E-state index contributed by atoms with van der Waals surface area (Å²) in [6, 6.07) is 19.1. The van der Waals surface area contributed by atoms with Gasteiger partial charge in [-0.15, -0.1) is 0 Å². The minimum absolute atomic E-state index is 0.0699. The van der Waals surface area contributed by atoms with E-state index in [0.29, 0.717) is 16.8 Å². The van der Waals surface area contributed by atoms with Crippen LogP contribution in [-0.2, 0) is 0 Å². The van der Waals surface area contributed by atoms with Gasteiger partial charge in [0.05, 0.1) is 22.5 Å². The number of benzene rings is 3. The van der Waals surface area contributed by atoms with Crippen LogP contribution in [0.1, 0.15) is 34.5 Å². The van der Waals surface area contributed by atoms with Gasteiger partial charge in [-0.25, -0.2) is 4.99 Å². The fourth-order valence-corrected chi connectivity index (χ4v) is 3.13. The van der Waals surface area contributed by atoms with Crippen LogP contribution in [0.25, 0.3) is 0 Å². The zero-order valence-electron chi connectivity index (χ0n) is 18.0. The summed E-state index contributed by atoms with van der Waals surface area (Å²) < 4.78 is 39.2. The van der Waals surface area contributed by atoms with Crippen molar-refractivity contribution >= 4 is 34.6 Å². The Balaban J connectivity index is 1.91. The first-order valence-electron chi connectivity index (χ1n) is 10.1. The molecule has 34 heavy (non-hydrogen) atoms. The highest BCUT2D eigenvalue weighted by atomic mass is 35.5. The van der Waals surface area contributed by atoms with Gasteiger partial charge in [-0.2, -0.15) is 13.2 Å². The monoisotopic (exact) mass is 487 g/mol. The number of hydrogen-bond acceptors (Lipinski definition) is 4. The fraction of sp³-hybridized carbons (Fsp3) is 0.120. The summed E-state index contributed by atoms with van der Waals surface area (Å²) in [5.41, 5.74) is 5.81. The number of aliphatic hydroxyl groups is 1. The van der Waals surface area contributed by atoms with Gasteiger partial charge in [0.15, 0.2) is 0 Å². The van der Waals surface area contributed by atoms with Crippen LogP contribution < -0.4 is 11.1 Å². The second kappa shape index (κ2) is 10.5. The molecule has 0 radical (unpaired) electrons. The van der Waals surface area contributed by atoms with Gasteiger partial charge in [-0.1, -0.05) is 48.0 Å². The van der Waals surface area contributed by atoms with Crippen LogP contribution in [0.2, 0.25) is 5.02 Å². The number of carbonyl (C=O) groups excluding carboxylic acids is 1. The summed E-state index contributed by atoms with van der Waals surface area (Å²) in [5.74, 6) is -0.427. The number of rotatable bonds is 6. The topological polar surface area (TPSA) is 87.7 Å². The molecule has 0 aliphatic rings. The van der Waals surface area contributed by atoms with Gasteiger partial charge in [0, 0.05) is 16.8 Å². The number of halogens is 4. The van der Waals surface area contributed by atoms with Crippen molar-refractivity contribution in [1.82, 2.24) is 0 Å². The van der Waals surface area contributed by atoms with Gasteiger partial charge in [-0.05, 0) is 55.0 Å². The van der Waals surface area contributed by atoms with E-state index in [1.54, 1.807) is 55.5 Å². The molecule has 1 unspecified atom stereocenters. The number of aliphatic imine (C=N–C) groups is 1. The van der Waals surface area contributed by atoms with Crippen LogP contribution in [-0.4, -0.2) is 22.9 Å². The SMILES string of the molecule is CC(O)c1cccc(NC(=O)c2ccc(C(C=C(N)C(F)(F)F)=Nc3ccccc3Cl)cc2)c1. The molecule has 0 fully saturated rings. The lowest BCUT2D eigenvalue weighted by atomic mass is 10.1. The highest BCUT2D eigenvalue weighted by molar-refractivity contribution is 6.33. The molecule has 9 heteroatoms. The van der Waals surface area contributed by atoms with E-state index >= 15 is 0 Å². The number of nitrogens with one attached hydrogen (secondary N) is 1. The van der Waals surface area contributed by atoms with E-state index in [-0.39, 0.29) is 22.0 Å². The molecular weight excluding hydrogens is 467 g/mol. The quantitative estimate of drug-likeness (QED) is 0.363. The number of aliphatic hydroxyl groups excluding tert-OH is 1. The van der Waals surface area contributed by atoms with Gasteiger partial charge in [0.2, 0.25) is 0 Å². The van der Waals surface area contributed by atoms with Crippen LogP contribution in [0.15, 0.2) is 89.6 Å². The third-order valence-corrected chi connectivity index (χ3v) is 5.10. The maximum atomic E-state index is 13.1. The van der Waals surface area contributed by atoms with E-state index in [4.69, 9.17) is 17.3 Å². The molecule has 176 valence electrons. The van der Waals surface area contributed by atoms with E-state index in [9.17, 15) is 23.1 Å². The summed E-state index contributed by atoms with van der Waals surface area (Å²) in [4.78, 5) is 16.9. The number of anilines is 1. The number of alkyl halides is 3. The predicted octanol–water partition coefficient (Wildman–Crippen LogP) is 6.17. The van der Waals surface area contributed by atoms with E-state index in [2.05, 4.69) is 10.3 Å². The molecule has 0 bridgehead atoms. The van der Waals surface area contributed by atoms with E-state index in [0.717, 1.165) is 6.08 Å². The number of nitrogens with zero attached hydrogens (tertiary/aromatic N) is 1. The summed E-state index contributed by atoms with van der Waals surface area (Å²) in [6.07, 6.45) is -4.70. The third-order valence-electron chi connectivity index (χ3n) is 4.78. The summed E-state index contributed by atoms with van der Waals surface area (Å²) >= 11 is 6.11. The Morgan fingerprint density at radius 2 is 1.71 bits per heavy atom. The van der Waals surface area contributed by atoms with Crippen molar-refractivity contribution < 1.29 is 23.1 Å². The Morgan fingerprint density at radius 1 is 1.06 bits per heavy atom. The second-order valence-electron chi connectivity index (χ2n) is 7.38. The van der Waals surface area contributed by atoms with Gasteiger partial charge in [0.1, 0.15) is 5.70 Å². The van der Waals surface area contributed by atoms with Crippen molar-refractivity contribution in [3.8, 4) is 0 Å². The molecular formula is C25H21ClF3N3O2. The zero-order chi connectivity index (χ0) is 24.9. The molecule has 0 heterocycles. The molecule has 4 N–H and O–H groups in total. The second-order valence-corrected chi connectivity index (χ2v) is 7.79. The average Bonchev–Trinajstić information content (AvgIpc) is 2.79. The minimum Gasteiger partial charge on any atom is -0.395 e. The average molecular weight is 488 g/mol. The van der Waals surface area contributed by atoms with Gasteiger partial charge in [0.25, 0.3) is 5.91 Å². The molecule has 3 rings (SSSR count). The van der Waals surface area contributed by atoms with Gasteiger partial charge >= 0.3 is 6.18 Å². The van der Waals surface area contributed by atoms with Crippen LogP contribution in [0.5, 0.6) is 0 Å². The molecule has 0 saturated heterocycles. The van der Waals surface area contributed by atoms with Crippen molar-refractivity contribution in [1.29, 1.82) is 0 Å². The van der Waals surface area contributed by atoms with Crippen LogP contribution in [0, 0.1) is 0 Å². The Labute approximate surface area is 199 Å². The number of para-hydroxylation sites is 1. The predicted molar refractivity (Wildman–Crippen MR) is 127 cm³/mol. The Hall–Kier alpha value is -3.62. The van der Waals surface area contributed by atoms with E-state index < -0.39 is 23.9 Å². The highest BCUT2D eigenvalue weighted by Crippen LogP contribution is 2.27. The molecule has 0 aromatic heterocycles. The number of nitrogens with two attached hydrogens (primary N) is 1. The molecule has 1 amide bonds. The van der Waals surface area contributed by atoms with Crippen molar-refractivity contribution in [2.24, 2.45) is 10.7 Å². The lowest BCUT2D eigenvalue weighted by molar-refractivity contribution is -0.0925. The lowest BCUT2D eigenvalue weighted by Crippen LogP contribution is -2.21. The third kappa shape index (κ3) is 6.46. The molecule has 0 saturated carbocycles. The van der Waals surface area contributed by atoms with Crippen molar-refractivity contribution in [2.45, 2.75) is 19.2 Å². The minimum atomic E-state index is -4.73. The Bertz CT molecular complexity index is 1240. The van der Waals surface area contributed by atoms with Gasteiger partial charge in [-0.3, -0.25) is 4.79 Å². The Kier molecular flexibility index (Phi) is 7.75. The van der Waals surface area contributed by atoms with E-state index in [1.807, 2.05) is 0 Å². The highest BCUT2D eigenvalue weighted by Gasteiger charge is 2.31. The maximum Gasteiger partial charge on any atom is 0.430 e. The zero-order valence-corrected chi connectivity index (χ0v) is 18.7. The summed E-state index contributed by atoms with van der Waals surface area (Å²) in [5, 5.41) is 12.7. The number of hydrogen-bond donors (Lipinski definition) is 3. The van der Waals surface area contributed by atoms with Gasteiger partial charge < -0.3 is 16.2 Å². The lowest BCUT2D eigenvalue weighted by Gasteiger charge is -2.11. The first-order valence-corrected chi connectivity index (χ1v) is 10.5. The molecule has 0 aliphatic heterocycles. The molecule has 0 spiro atoms. The summed E-state index contributed by atoms with van der Waals surface area (Å²) in [7, 11) is 0.